The molecular formula is C18H20N2O. The molecule has 0 bridgehead atoms. The molecule has 0 amide bonds. The lowest BCUT2D eigenvalue weighted by molar-refractivity contribution is 0.244. The molecule has 1 fully saturated rings. The van der Waals surface area contributed by atoms with E-state index in [4.69, 9.17) is 5.11 Å². The molecule has 1 unspecified atom stereocenters. The third kappa shape index (κ3) is 2.72. The summed E-state index contributed by atoms with van der Waals surface area (Å²) < 4.78 is 0. The summed E-state index contributed by atoms with van der Waals surface area (Å²) in [5, 5.41) is 20.6. The summed E-state index contributed by atoms with van der Waals surface area (Å²) in [6.07, 6.45) is 3.25. The molecule has 2 aromatic rings. The van der Waals surface area contributed by atoms with E-state index in [1.807, 2.05) is 24.3 Å². The van der Waals surface area contributed by atoms with E-state index in [9.17, 15) is 5.26 Å². The van der Waals surface area contributed by atoms with Crippen molar-refractivity contribution in [2.45, 2.75) is 19.3 Å². The van der Waals surface area contributed by atoms with Crippen molar-refractivity contribution in [3.63, 3.8) is 0 Å². The summed E-state index contributed by atoms with van der Waals surface area (Å²) in [6, 6.07) is 14.4. The Balaban J connectivity index is 1.99. The first-order chi connectivity index (χ1) is 10.3. The van der Waals surface area contributed by atoms with Crippen LogP contribution in [0.5, 0.6) is 0 Å². The minimum atomic E-state index is 0.270. The van der Waals surface area contributed by atoms with Crippen LogP contribution in [0.1, 0.15) is 24.8 Å². The molecule has 1 saturated heterocycles. The van der Waals surface area contributed by atoms with Gasteiger partial charge in [0.05, 0.1) is 11.6 Å². The first kappa shape index (κ1) is 13.9. The molecule has 0 aromatic heterocycles. The van der Waals surface area contributed by atoms with Gasteiger partial charge >= 0.3 is 0 Å². The fraction of sp³-hybridized carbons (Fsp3) is 0.389. The summed E-state index contributed by atoms with van der Waals surface area (Å²) in [5.41, 5.74) is 1.95. The fourth-order valence-corrected chi connectivity index (χ4v) is 3.36. The smallest absolute Gasteiger partial charge is 0.0998 e. The average molecular weight is 280 g/mol. The van der Waals surface area contributed by atoms with Crippen molar-refractivity contribution in [3.05, 3.63) is 42.0 Å². The molecule has 0 radical (unpaired) electrons. The Hall–Kier alpha value is -2.05. The van der Waals surface area contributed by atoms with Gasteiger partial charge in [-0.25, -0.2) is 0 Å². The van der Waals surface area contributed by atoms with Crippen LogP contribution in [-0.2, 0) is 0 Å². The van der Waals surface area contributed by atoms with Gasteiger partial charge in [-0.1, -0.05) is 24.3 Å². The van der Waals surface area contributed by atoms with Crippen LogP contribution >= 0.6 is 0 Å². The van der Waals surface area contributed by atoms with Gasteiger partial charge in [0.2, 0.25) is 0 Å². The summed E-state index contributed by atoms with van der Waals surface area (Å²) in [4.78, 5) is 2.41. The number of hydrogen-bond donors (Lipinski definition) is 1. The number of aliphatic hydroxyl groups excluding tert-OH is 1. The van der Waals surface area contributed by atoms with Crippen LogP contribution in [0.25, 0.3) is 10.8 Å². The first-order valence-corrected chi connectivity index (χ1v) is 7.61. The lowest BCUT2D eigenvalue weighted by Gasteiger charge is -2.35. The molecule has 3 nitrogen and oxygen atoms in total. The first-order valence-electron chi connectivity index (χ1n) is 7.61. The zero-order valence-electron chi connectivity index (χ0n) is 12.1. The Morgan fingerprint density at radius 1 is 1.19 bits per heavy atom. The van der Waals surface area contributed by atoms with Gasteiger partial charge in [0.1, 0.15) is 0 Å². The fourth-order valence-electron chi connectivity index (χ4n) is 3.36. The van der Waals surface area contributed by atoms with Crippen molar-refractivity contribution >= 4 is 16.5 Å². The second-order valence-electron chi connectivity index (χ2n) is 5.76. The van der Waals surface area contributed by atoms with E-state index in [0.29, 0.717) is 5.92 Å². The number of hydrogen-bond acceptors (Lipinski definition) is 3. The highest BCUT2D eigenvalue weighted by Gasteiger charge is 2.21. The van der Waals surface area contributed by atoms with Crippen LogP contribution < -0.4 is 4.90 Å². The number of benzene rings is 2. The molecule has 108 valence electrons. The highest BCUT2D eigenvalue weighted by molar-refractivity contribution is 5.97. The van der Waals surface area contributed by atoms with Crippen LogP contribution in [0, 0.1) is 17.2 Å². The van der Waals surface area contributed by atoms with E-state index >= 15 is 0 Å². The molecule has 3 heteroatoms. The highest BCUT2D eigenvalue weighted by atomic mass is 16.3. The Bertz CT molecular complexity index is 672. The number of anilines is 1. The molecule has 0 spiro atoms. The number of nitriles is 1. The second-order valence-corrected chi connectivity index (χ2v) is 5.76. The van der Waals surface area contributed by atoms with Gasteiger partial charge in [0, 0.05) is 36.2 Å². The van der Waals surface area contributed by atoms with Gasteiger partial charge < -0.3 is 10.0 Å². The van der Waals surface area contributed by atoms with E-state index in [1.165, 1.54) is 18.5 Å². The normalized spacial score (nSPS) is 18.7. The molecule has 3 rings (SSSR count). The van der Waals surface area contributed by atoms with Gasteiger partial charge in [-0.05, 0) is 37.3 Å². The number of fused-ring (bicyclic) bond motifs is 1. The Labute approximate surface area is 125 Å². The SMILES string of the molecule is N#Cc1ccc(N2CCCC(CCO)C2)c2ccccc12. The maximum absolute atomic E-state index is 9.26. The van der Waals surface area contributed by atoms with Crippen LogP contribution in [0.15, 0.2) is 36.4 Å². The van der Waals surface area contributed by atoms with E-state index < -0.39 is 0 Å². The monoisotopic (exact) mass is 280 g/mol. The van der Waals surface area contributed by atoms with Crippen LogP contribution in [0.3, 0.4) is 0 Å². The predicted octanol–water partition coefficient (Wildman–Crippen LogP) is 3.31. The average Bonchev–Trinajstić information content (AvgIpc) is 2.54. The third-order valence-electron chi connectivity index (χ3n) is 4.42. The molecule has 1 aliphatic heterocycles. The van der Waals surface area contributed by atoms with Gasteiger partial charge in [0.15, 0.2) is 0 Å². The molecule has 1 N–H and O–H groups in total. The lowest BCUT2D eigenvalue weighted by atomic mass is 9.93. The van der Waals surface area contributed by atoms with Crippen molar-refractivity contribution in [3.8, 4) is 6.07 Å². The summed E-state index contributed by atoms with van der Waals surface area (Å²) in [5.74, 6) is 0.568. The van der Waals surface area contributed by atoms with Gasteiger partial charge in [-0.3, -0.25) is 0 Å². The molecule has 1 aliphatic rings. The van der Waals surface area contributed by atoms with Crippen LogP contribution in [0.2, 0.25) is 0 Å². The highest BCUT2D eigenvalue weighted by Crippen LogP contribution is 2.32. The van der Waals surface area contributed by atoms with Crippen molar-refractivity contribution in [2.75, 3.05) is 24.6 Å². The number of aliphatic hydroxyl groups is 1. The van der Waals surface area contributed by atoms with Crippen LogP contribution in [0.4, 0.5) is 5.69 Å². The Kier molecular flexibility index (Phi) is 4.08. The molecular weight excluding hydrogens is 260 g/mol. The van der Waals surface area contributed by atoms with E-state index in [2.05, 4.69) is 23.1 Å². The topological polar surface area (TPSA) is 47.3 Å². The number of nitrogens with zero attached hydrogens (tertiary/aromatic N) is 2. The minimum Gasteiger partial charge on any atom is -0.396 e. The Morgan fingerprint density at radius 2 is 2.00 bits per heavy atom. The maximum Gasteiger partial charge on any atom is 0.0998 e. The third-order valence-corrected chi connectivity index (χ3v) is 4.42. The van der Waals surface area contributed by atoms with Crippen molar-refractivity contribution in [1.82, 2.24) is 0 Å². The second kappa shape index (κ2) is 6.15. The van der Waals surface area contributed by atoms with Gasteiger partial charge in [-0.2, -0.15) is 5.26 Å². The quantitative estimate of drug-likeness (QED) is 0.938. The van der Waals surface area contributed by atoms with Gasteiger partial charge in [-0.15, -0.1) is 0 Å². The van der Waals surface area contributed by atoms with E-state index in [0.717, 1.165) is 35.8 Å². The lowest BCUT2D eigenvalue weighted by Crippen LogP contribution is -2.35. The number of rotatable bonds is 3. The van der Waals surface area contributed by atoms with E-state index in [-0.39, 0.29) is 6.61 Å². The predicted molar refractivity (Wildman–Crippen MR) is 85.3 cm³/mol. The van der Waals surface area contributed by atoms with Crippen LogP contribution in [-0.4, -0.2) is 24.8 Å². The molecule has 21 heavy (non-hydrogen) atoms. The summed E-state index contributed by atoms with van der Waals surface area (Å²) in [6.45, 7) is 2.32. The Morgan fingerprint density at radius 3 is 2.76 bits per heavy atom. The molecule has 1 heterocycles. The number of piperidine rings is 1. The molecule has 1 atom stereocenters. The molecule has 2 aromatic carbocycles. The summed E-state index contributed by atoms with van der Waals surface area (Å²) >= 11 is 0. The summed E-state index contributed by atoms with van der Waals surface area (Å²) in [7, 11) is 0. The molecule has 0 aliphatic carbocycles. The standard InChI is InChI=1S/C18H20N2O/c19-12-15-7-8-18(17-6-2-1-5-16(15)17)20-10-3-4-14(13-20)9-11-21/h1-2,5-8,14,21H,3-4,9-11,13H2. The molecule has 0 saturated carbocycles. The van der Waals surface area contributed by atoms with E-state index in [1.54, 1.807) is 0 Å². The maximum atomic E-state index is 9.26. The largest absolute Gasteiger partial charge is 0.396 e. The minimum absolute atomic E-state index is 0.270. The van der Waals surface area contributed by atoms with Crippen molar-refractivity contribution in [1.29, 1.82) is 5.26 Å². The van der Waals surface area contributed by atoms with Crippen molar-refractivity contribution < 1.29 is 5.11 Å². The zero-order chi connectivity index (χ0) is 14.7. The zero-order valence-corrected chi connectivity index (χ0v) is 12.1. The van der Waals surface area contributed by atoms with Crippen molar-refractivity contribution in [2.24, 2.45) is 5.92 Å². The van der Waals surface area contributed by atoms with Gasteiger partial charge in [0.25, 0.3) is 0 Å².